The molecule has 0 bridgehead atoms. The van der Waals surface area contributed by atoms with E-state index in [0.717, 1.165) is 10.6 Å². The van der Waals surface area contributed by atoms with Crippen molar-refractivity contribution in [1.82, 2.24) is 9.78 Å². The van der Waals surface area contributed by atoms with Gasteiger partial charge in [0.2, 0.25) is 5.91 Å². The second kappa shape index (κ2) is 7.16. The van der Waals surface area contributed by atoms with Gasteiger partial charge in [-0.2, -0.15) is 5.10 Å². The fourth-order valence-corrected chi connectivity index (χ4v) is 3.15. The first-order valence-corrected chi connectivity index (χ1v) is 8.83. The molecule has 1 amide bonds. The summed E-state index contributed by atoms with van der Waals surface area (Å²) in [6.45, 7) is 6.24. The van der Waals surface area contributed by atoms with Crippen molar-refractivity contribution in [3.05, 3.63) is 40.0 Å². The van der Waals surface area contributed by atoms with Crippen molar-refractivity contribution in [2.75, 3.05) is 11.1 Å². The van der Waals surface area contributed by atoms with E-state index < -0.39 is 0 Å². The van der Waals surface area contributed by atoms with Gasteiger partial charge in [-0.15, -0.1) is 11.8 Å². The van der Waals surface area contributed by atoms with E-state index in [1.165, 1.54) is 11.8 Å². The topological polar surface area (TPSA) is 46.9 Å². The highest BCUT2D eigenvalue weighted by atomic mass is 35.5. The fraction of sp³-hybridized carbons (Fsp3) is 0.375. The molecular formula is C16H19Cl2N3OS. The molecule has 0 aliphatic carbocycles. The van der Waals surface area contributed by atoms with Crippen LogP contribution in [-0.4, -0.2) is 21.4 Å². The number of halogens is 2. The smallest absolute Gasteiger partial charge is 0.235 e. The predicted octanol–water partition coefficient (Wildman–Crippen LogP) is 4.76. The number of thioether (sulfide) groups is 1. The number of hydrogen-bond acceptors (Lipinski definition) is 3. The SMILES string of the molecule is Cn1nc(C(C)(C)C)cc1NC(=O)CSc1cc(Cl)ccc1Cl. The maximum atomic E-state index is 12.1. The summed E-state index contributed by atoms with van der Waals surface area (Å²) in [6.07, 6.45) is 0. The van der Waals surface area contributed by atoms with E-state index in [9.17, 15) is 4.79 Å². The molecule has 23 heavy (non-hydrogen) atoms. The van der Waals surface area contributed by atoms with Crippen LogP contribution in [0.3, 0.4) is 0 Å². The average molecular weight is 372 g/mol. The molecule has 1 N–H and O–H groups in total. The lowest BCUT2D eigenvalue weighted by molar-refractivity contribution is -0.113. The van der Waals surface area contributed by atoms with Gasteiger partial charge in [0.1, 0.15) is 5.82 Å². The minimum absolute atomic E-state index is 0.0657. The van der Waals surface area contributed by atoms with Crippen molar-refractivity contribution in [1.29, 1.82) is 0 Å². The van der Waals surface area contributed by atoms with Crippen molar-refractivity contribution in [2.24, 2.45) is 7.05 Å². The van der Waals surface area contributed by atoms with E-state index in [2.05, 4.69) is 31.2 Å². The zero-order chi connectivity index (χ0) is 17.2. The largest absolute Gasteiger partial charge is 0.310 e. The van der Waals surface area contributed by atoms with Gasteiger partial charge in [0.15, 0.2) is 0 Å². The Balaban J connectivity index is 2.00. The normalized spacial score (nSPS) is 11.6. The van der Waals surface area contributed by atoms with Gasteiger partial charge in [-0.3, -0.25) is 9.48 Å². The van der Waals surface area contributed by atoms with Crippen LogP contribution in [0.15, 0.2) is 29.2 Å². The number of nitrogens with one attached hydrogen (secondary N) is 1. The zero-order valence-electron chi connectivity index (χ0n) is 13.5. The van der Waals surface area contributed by atoms with Crippen molar-refractivity contribution >= 4 is 46.7 Å². The molecule has 0 unspecified atom stereocenters. The van der Waals surface area contributed by atoms with Crippen LogP contribution in [0.1, 0.15) is 26.5 Å². The van der Waals surface area contributed by atoms with Crippen LogP contribution in [0, 0.1) is 0 Å². The van der Waals surface area contributed by atoms with Crippen LogP contribution < -0.4 is 5.32 Å². The van der Waals surface area contributed by atoms with Gasteiger partial charge in [-0.05, 0) is 18.2 Å². The number of aromatic nitrogens is 2. The summed E-state index contributed by atoms with van der Waals surface area (Å²) in [4.78, 5) is 12.9. The number of nitrogens with zero attached hydrogens (tertiary/aromatic N) is 2. The predicted molar refractivity (Wildman–Crippen MR) is 97.7 cm³/mol. The Kier molecular flexibility index (Phi) is 5.65. The highest BCUT2D eigenvalue weighted by molar-refractivity contribution is 8.00. The van der Waals surface area contributed by atoms with Gasteiger partial charge in [-0.25, -0.2) is 0 Å². The number of amides is 1. The van der Waals surface area contributed by atoms with Crippen LogP contribution in [0.2, 0.25) is 10.0 Å². The first-order valence-electron chi connectivity index (χ1n) is 7.09. The lowest BCUT2D eigenvalue weighted by Crippen LogP contribution is -2.16. The van der Waals surface area contributed by atoms with Crippen LogP contribution in [0.25, 0.3) is 0 Å². The van der Waals surface area contributed by atoms with Crippen LogP contribution in [0.5, 0.6) is 0 Å². The molecule has 0 aliphatic rings. The maximum Gasteiger partial charge on any atom is 0.235 e. The highest BCUT2D eigenvalue weighted by Crippen LogP contribution is 2.30. The molecule has 0 aliphatic heterocycles. The monoisotopic (exact) mass is 371 g/mol. The molecule has 1 aromatic heterocycles. The Hall–Kier alpha value is -1.17. The number of hydrogen-bond donors (Lipinski definition) is 1. The molecule has 4 nitrogen and oxygen atoms in total. The Labute approximate surface area is 150 Å². The Morgan fingerprint density at radius 1 is 1.30 bits per heavy atom. The summed E-state index contributed by atoms with van der Waals surface area (Å²) >= 11 is 13.4. The average Bonchev–Trinajstić information content (AvgIpc) is 2.81. The molecule has 0 fully saturated rings. The second-order valence-electron chi connectivity index (χ2n) is 6.20. The lowest BCUT2D eigenvalue weighted by Gasteiger charge is -2.13. The number of carbonyl (C=O) groups is 1. The van der Waals surface area contributed by atoms with Crippen molar-refractivity contribution < 1.29 is 4.79 Å². The number of rotatable bonds is 4. The Morgan fingerprint density at radius 3 is 2.61 bits per heavy atom. The van der Waals surface area contributed by atoms with Gasteiger partial charge < -0.3 is 5.32 Å². The third-order valence-corrected chi connectivity index (χ3v) is 4.90. The summed E-state index contributed by atoms with van der Waals surface area (Å²) in [6, 6.07) is 7.09. The van der Waals surface area contributed by atoms with E-state index in [-0.39, 0.29) is 17.1 Å². The number of anilines is 1. The number of benzene rings is 1. The molecule has 0 saturated carbocycles. The van der Waals surface area contributed by atoms with E-state index in [1.807, 2.05) is 13.1 Å². The van der Waals surface area contributed by atoms with Crippen molar-refractivity contribution in [3.63, 3.8) is 0 Å². The second-order valence-corrected chi connectivity index (χ2v) is 8.06. The van der Waals surface area contributed by atoms with Crippen LogP contribution >= 0.6 is 35.0 Å². The third-order valence-electron chi connectivity index (χ3n) is 3.17. The molecule has 2 aromatic rings. The molecule has 0 atom stereocenters. The minimum Gasteiger partial charge on any atom is -0.310 e. The Bertz CT molecular complexity index is 723. The van der Waals surface area contributed by atoms with Crippen molar-refractivity contribution in [3.8, 4) is 0 Å². The summed E-state index contributed by atoms with van der Waals surface area (Å²) < 4.78 is 1.68. The van der Waals surface area contributed by atoms with Gasteiger partial charge in [-0.1, -0.05) is 44.0 Å². The van der Waals surface area contributed by atoms with E-state index in [4.69, 9.17) is 23.2 Å². The third kappa shape index (κ3) is 4.90. The molecular weight excluding hydrogens is 353 g/mol. The van der Waals surface area contributed by atoms with Gasteiger partial charge in [0.05, 0.1) is 16.5 Å². The zero-order valence-corrected chi connectivity index (χ0v) is 15.8. The molecule has 124 valence electrons. The molecule has 0 spiro atoms. The van der Waals surface area contributed by atoms with E-state index in [1.54, 1.807) is 22.9 Å². The van der Waals surface area contributed by atoms with E-state index >= 15 is 0 Å². The Morgan fingerprint density at radius 2 is 2.00 bits per heavy atom. The summed E-state index contributed by atoms with van der Waals surface area (Å²) in [5.74, 6) is 0.808. The summed E-state index contributed by atoms with van der Waals surface area (Å²) in [7, 11) is 1.81. The fourth-order valence-electron chi connectivity index (χ4n) is 1.86. The molecule has 1 aromatic carbocycles. The van der Waals surface area contributed by atoms with Gasteiger partial charge >= 0.3 is 0 Å². The summed E-state index contributed by atoms with van der Waals surface area (Å²) in [5, 5.41) is 8.49. The van der Waals surface area contributed by atoms with Crippen LogP contribution in [-0.2, 0) is 17.3 Å². The quantitative estimate of drug-likeness (QED) is 0.788. The lowest BCUT2D eigenvalue weighted by atomic mass is 9.92. The standard InChI is InChI=1S/C16H19Cl2N3OS/c1-16(2,3)13-8-14(21(4)20-13)19-15(22)9-23-12-7-10(17)5-6-11(12)18/h5-8H,9H2,1-4H3,(H,19,22). The first-order chi connectivity index (χ1) is 10.7. The van der Waals surface area contributed by atoms with Gasteiger partial charge in [0, 0.05) is 28.4 Å². The molecule has 7 heteroatoms. The van der Waals surface area contributed by atoms with Crippen LogP contribution in [0.4, 0.5) is 5.82 Å². The maximum absolute atomic E-state index is 12.1. The highest BCUT2D eigenvalue weighted by Gasteiger charge is 2.19. The molecule has 2 rings (SSSR count). The van der Waals surface area contributed by atoms with Gasteiger partial charge in [0.25, 0.3) is 0 Å². The summed E-state index contributed by atoms with van der Waals surface area (Å²) in [5.41, 5.74) is 0.866. The van der Waals surface area contributed by atoms with Crippen molar-refractivity contribution in [2.45, 2.75) is 31.1 Å². The minimum atomic E-state index is -0.116. The molecule has 1 heterocycles. The number of aryl methyl sites for hydroxylation is 1. The number of carbonyl (C=O) groups excluding carboxylic acids is 1. The molecule has 0 saturated heterocycles. The van der Waals surface area contributed by atoms with E-state index in [0.29, 0.717) is 15.9 Å². The molecule has 0 radical (unpaired) electrons. The first kappa shape index (κ1) is 18.2.